The molecule has 0 bridgehead atoms. The number of hydrogen-bond acceptors (Lipinski definition) is 5. The molecule has 0 aromatic heterocycles. The molecule has 2 aromatic carbocycles. The third kappa shape index (κ3) is 4.35. The molecule has 24 heavy (non-hydrogen) atoms. The van der Waals surface area contributed by atoms with Gasteiger partial charge in [-0.3, -0.25) is 14.9 Å². The summed E-state index contributed by atoms with van der Waals surface area (Å²) in [6, 6.07) is 9.02. The van der Waals surface area contributed by atoms with Crippen molar-refractivity contribution in [3.05, 3.63) is 69.5 Å². The minimum Gasteiger partial charge on any atom is -0.452 e. The Morgan fingerprint density at radius 2 is 2.00 bits per heavy atom. The van der Waals surface area contributed by atoms with Gasteiger partial charge in [-0.15, -0.1) is 0 Å². The predicted octanol–water partition coefficient (Wildman–Crippen LogP) is 2.84. The van der Waals surface area contributed by atoms with E-state index in [2.05, 4.69) is 5.32 Å². The monoisotopic (exact) mass is 332 g/mol. The molecule has 0 saturated heterocycles. The van der Waals surface area contributed by atoms with Crippen molar-refractivity contribution in [2.45, 2.75) is 6.92 Å². The average molecular weight is 332 g/mol. The maximum Gasteiger partial charge on any atom is 0.338 e. The van der Waals surface area contributed by atoms with E-state index in [4.69, 9.17) is 4.74 Å². The third-order valence-electron chi connectivity index (χ3n) is 3.07. The number of carbonyl (C=O) groups is 2. The molecule has 2 rings (SSSR count). The Labute approximate surface area is 136 Å². The van der Waals surface area contributed by atoms with Gasteiger partial charge in [-0.2, -0.15) is 0 Å². The van der Waals surface area contributed by atoms with Crippen LogP contribution >= 0.6 is 0 Å². The lowest BCUT2D eigenvalue weighted by atomic mass is 10.1. The molecule has 1 N–H and O–H groups in total. The van der Waals surface area contributed by atoms with E-state index in [0.29, 0.717) is 5.56 Å². The summed E-state index contributed by atoms with van der Waals surface area (Å²) < 4.78 is 17.8. The lowest BCUT2D eigenvalue weighted by molar-refractivity contribution is -0.385. The van der Waals surface area contributed by atoms with E-state index in [-0.39, 0.29) is 16.9 Å². The molecule has 7 nitrogen and oxygen atoms in total. The summed E-state index contributed by atoms with van der Waals surface area (Å²) >= 11 is 0. The number of nitro benzene ring substituents is 1. The van der Waals surface area contributed by atoms with Crippen LogP contribution in [0.25, 0.3) is 0 Å². The first-order valence-electron chi connectivity index (χ1n) is 6.84. The van der Waals surface area contributed by atoms with Crippen molar-refractivity contribution in [2.24, 2.45) is 0 Å². The standard InChI is InChI=1S/C16H13FN2O5/c1-10-7-11(5-6-14(10)19(22)23)16(21)24-9-15(20)18-13-4-2-3-12(17)8-13/h2-8H,9H2,1H3,(H,18,20). The summed E-state index contributed by atoms with van der Waals surface area (Å²) in [6.07, 6.45) is 0. The van der Waals surface area contributed by atoms with Gasteiger partial charge in [-0.25, -0.2) is 9.18 Å². The molecule has 0 fully saturated rings. The molecular formula is C16H13FN2O5. The van der Waals surface area contributed by atoms with E-state index in [1.165, 1.54) is 43.3 Å². The Morgan fingerprint density at radius 3 is 2.62 bits per heavy atom. The second-order valence-corrected chi connectivity index (χ2v) is 4.89. The topological polar surface area (TPSA) is 98.5 Å². The highest BCUT2D eigenvalue weighted by Crippen LogP contribution is 2.19. The molecule has 8 heteroatoms. The van der Waals surface area contributed by atoms with Crippen LogP contribution in [0.15, 0.2) is 42.5 Å². The fourth-order valence-corrected chi connectivity index (χ4v) is 1.97. The van der Waals surface area contributed by atoms with Gasteiger partial charge in [0.15, 0.2) is 6.61 Å². The second kappa shape index (κ2) is 7.32. The molecule has 0 saturated carbocycles. The van der Waals surface area contributed by atoms with Gasteiger partial charge in [0, 0.05) is 17.3 Å². The first kappa shape index (κ1) is 17.1. The molecule has 1 amide bonds. The minimum atomic E-state index is -0.789. The number of ether oxygens (including phenoxy) is 1. The van der Waals surface area contributed by atoms with Crippen LogP contribution < -0.4 is 5.32 Å². The maximum absolute atomic E-state index is 13.0. The van der Waals surface area contributed by atoms with E-state index < -0.39 is 29.2 Å². The van der Waals surface area contributed by atoms with Crippen molar-refractivity contribution in [2.75, 3.05) is 11.9 Å². The number of rotatable bonds is 5. The summed E-state index contributed by atoms with van der Waals surface area (Å²) in [5.74, 6) is -1.93. The molecule has 124 valence electrons. The zero-order valence-electron chi connectivity index (χ0n) is 12.6. The van der Waals surface area contributed by atoms with Crippen molar-refractivity contribution in [1.29, 1.82) is 0 Å². The zero-order chi connectivity index (χ0) is 17.7. The van der Waals surface area contributed by atoms with Crippen molar-refractivity contribution >= 4 is 23.3 Å². The molecule has 0 radical (unpaired) electrons. The molecule has 0 aliphatic rings. The number of benzene rings is 2. The van der Waals surface area contributed by atoms with Gasteiger partial charge in [-0.05, 0) is 37.3 Å². The number of esters is 1. The van der Waals surface area contributed by atoms with Crippen molar-refractivity contribution in [3.8, 4) is 0 Å². The van der Waals surface area contributed by atoms with E-state index in [0.717, 1.165) is 6.07 Å². The fraction of sp³-hybridized carbons (Fsp3) is 0.125. The molecule has 2 aromatic rings. The number of nitro groups is 1. The fourth-order valence-electron chi connectivity index (χ4n) is 1.97. The van der Waals surface area contributed by atoms with Gasteiger partial charge in [0.25, 0.3) is 11.6 Å². The summed E-state index contributed by atoms with van der Waals surface area (Å²) in [5.41, 5.74) is 0.521. The van der Waals surface area contributed by atoms with Gasteiger partial charge < -0.3 is 10.1 Å². The van der Waals surface area contributed by atoms with Crippen molar-refractivity contribution in [3.63, 3.8) is 0 Å². The molecule has 0 unspecified atom stereocenters. The highest BCUT2D eigenvalue weighted by Gasteiger charge is 2.15. The first-order chi connectivity index (χ1) is 11.4. The predicted molar refractivity (Wildman–Crippen MR) is 83.1 cm³/mol. The molecule has 0 atom stereocenters. The largest absolute Gasteiger partial charge is 0.452 e. The van der Waals surface area contributed by atoms with Gasteiger partial charge in [-0.1, -0.05) is 6.07 Å². The van der Waals surface area contributed by atoms with Crippen LogP contribution in [-0.2, 0) is 9.53 Å². The summed E-state index contributed by atoms with van der Waals surface area (Å²) in [4.78, 5) is 33.7. The Morgan fingerprint density at radius 1 is 1.25 bits per heavy atom. The SMILES string of the molecule is Cc1cc(C(=O)OCC(=O)Nc2cccc(F)c2)ccc1[N+](=O)[O-]. The Kier molecular flexibility index (Phi) is 5.20. The van der Waals surface area contributed by atoms with E-state index >= 15 is 0 Å². The van der Waals surface area contributed by atoms with Crippen LogP contribution in [0.1, 0.15) is 15.9 Å². The molecular weight excluding hydrogens is 319 g/mol. The van der Waals surface area contributed by atoms with Crippen molar-refractivity contribution < 1.29 is 23.6 Å². The van der Waals surface area contributed by atoms with Crippen LogP contribution in [0.2, 0.25) is 0 Å². The smallest absolute Gasteiger partial charge is 0.338 e. The Balaban J connectivity index is 1.94. The van der Waals surface area contributed by atoms with Crippen LogP contribution in [0.5, 0.6) is 0 Å². The Hall–Kier alpha value is -3.29. The molecule has 0 heterocycles. The van der Waals surface area contributed by atoms with Crippen LogP contribution in [-0.4, -0.2) is 23.4 Å². The lowest BCUT2D eigenvalue weighted by Crippen LogP contribution is -2.21. The number of nitrogens with one attached hydrogen (secondary N) is 1. The zero-order valence-corrected chi connectivity index (χ0v) is 12.6. The number of amides is 1. The first-order valence-corrected chi connectivity index (χ1v) is 6.84. The van der Waals surface area contributed by atoms with Crippen LogP contribution in [0.4, 0.5) is 15.8 Å². The summed E-state index contributed by atoms with van der Waals surface area (Å²) in [7, 11) is 0. The van der Waals surface area contributed by atoms with E-state index in [1.807, 2.05) is 0 Å². The summed E-state index contributed by atoms with van der Waals surface area (Å²) in [5, 5.41) is 13.1. The Bertz CT molecular complexity index is 807. The number of nitrogens with zero attached hydrogens (tertiary/aromatic N) is 1. The molecule has 0 spiro atoms. The van der Waals surface area contributed by atoms with Gasteiger partial charge in [0.05, 0.1) is 10.5 Å². The van der Waals surface area contributed by atoms with Crippen molar-refractivity contribution in [1.82, 2.24) is 0 Å². The lowest BCUT2D eigenvalue weighted by Gasteiger charge is -2.07. The van der Waals surface area contributed by atoms with Gasteiger partial charge >= 0.3 is 5.97 Å². The maximum atomic E-state index is 13.0. The van der Waals surface area contributed by atoms with Gasteiger partial charge in [0.2, 0.25) is 0 Å². The van der Waals surface area contributed by atoms with E-state index in [9.17, 15) is 24.1 Å². The summed E-state index contributed by atoms with van der Waals surface area (Å²) in [6.45, 7) is 0.928. The van der Waals surface area contributed by atoms with E-state index in [1.54, 1.807) is 0 Å². The number of aryl methyl sites for hydroxylation is 1. The minimum absolute atomic E-state index is 0.0941. The average Bonchev–Trinajstić information content (AvgIpc) is 2.52. The number of halogens is 1. The normalized spacial score (nSPS) is 10.1. The highest BCUT2D eigenvalue weighted by atomic mass is 19.1. The third-order valence-corrected chi connectivity index (χ3v) is 3.07. The van der Waals surface area contributed by atoms with Crippen LogP contribution in [0, 0.1) is 22.9 Å². The number of hydrogen-bond donors (Lipinski definition) is 1. The number of anilines is 1. The molecule has 0 aliphatic carbocycles. The highest BCUT2D eigenvalue weighted by molar-refractivity contribution is 5.95. The molecule has 0 aliphatic heterocycles. The van der Waals surface area contributed by atoms with Gasteiger partial charge in [0.1, 0.15) is 5.82 Å². The second-order valence-electron chi connectivity index (χ2n) is 4.89. The number of carbonyl (C=O) groups excluding carboxylic acids is 2. The quantitative estimate of drug-likeness (QED) is 0.516. The van der Waals surface area contributed by atoms with Crippen LogP contribution in [0.3, 0.4) is 0 Å².